The average Bonchev–Trinajstić information content (AvgIpc) is 3.46. The molecule has 150 valence electrons. The van der Waals surface area contributed by atoms with E-state index in [4.69, 9.17) is 4.42 Å². The highest BCUT2D eigenvalue weighted by molar-refractivity contribution is 6.06. The quantitative estimate of drug-likeness (QED) is 0.262. The third-order valence-corrected chi connectivity index (χ3v) is 6.69. The lowest BCUT2D eigenvalue weighted by Crippen LogP contribution is -1.91. The molecule has 0 saturated carbocycles. The van der Waals surface area contributed by atoms with Crippen LogP contribution in [-0.4, -0.2) is 0 Å². The molecule has 0 amide bonds. The highest BCUT2D eigenvalue weighted by Gasteiger charge is 2.21. The molecule has 0 atom stereocenters. The van der Waals surface area contributed by atoms with E-state index in [-0.39, 0.29) is 0 Å². The summed E-state index contributed by atoms with van der Waals surface area (Å²) in [5.74, 6) is 0.970. The molecule has 0 N–H and O–H groups in total. The van der Waals surface area contributed by atoms with Crippen LogP contribution < -0.4 is 0 Å². The van der Waals surface area contributed by atoms with Gasteiger partial charge in [0.25, 0.3) is 0 Å². The van der Waals surface area contributed by atoms with Gasteiger partial charge >= 0.3 is 0 Å². The molecular formula is C31H20O. The van der Waals surface area contributed by atoms with Crippen LogP contribution in [0.1, 0.15) is 16.9 Å². The summed E-state index contributed by atoms with van der Waals surface area (Å²) in [5.41, 5.74) is 7.46. The van der Waals surface area contributed by atoms with Gasteiger partial charge in [0.2, 0.25) is 0 Å². The van der Waals surface area contributed by atoms with Gasteiger partial charge in [-0.25, -0.2) is 0 Å². The van der Waals surface area contributed by atoms with Gasteiger partial charge in [-0.05, 0) is 79.7 Å². The highest BCUT2D eigenvalue weighted by Crippen LogP contribution is 2.41. The number of para-hydroxylation sites is 1. The van der Waals surface area contributed by atoms with E-state index in [2.05, 4.69) is 97.1 Å². The van der Waals surface area contributed by atoms with E-state index in [1.54, 1.807) is 0 Å². The average molecular weight is 409 g/mol. The minimum absolute atomic E-state index is 0.884. The Morgan fingerprint density at radius 2 is 1.28 bits per heavy atom. The predicted octanol–water partition coefficient (Wildman–Crippen LogP) is 8.50. The SMILES string of the molecule is C1=C(c2cc3ccccc3o2)Cc2c1cccc2-c1cccc2cc3ccccc3cc12. The largest absolute Gasteiger partial charge is 0.456 e. The smallest absolute Gasteiger partial charge is 0.134 e. The fourth-order valence-corrected chi connectivity index (χ4v) is 5.12. The van der Waals surface area contributed by atoms with Gasteiger partial charge in [-0.1, -0.05) is 78.9 Å². The predicted molar refractivity (Wildman–Crippen MR) is 135 cm³/mol. The fraction of sp³-hybridized carbons (Fsp3) is 0.0323. The van der Waals surface area contributed by atoms with Crippen LogP contribution in [0.4, 0.5) is 0 Å². The standard InChI is InChI=1S/C31H20O/c1-2-8-21-17-28-22(15-20(21)7-1)10-5-12-26(28)27-13-6-11-23-16-25(18-29(23)27)31-19-24-9-3-4-14-30(24)32-31/h1-17,19H,18H2. The van der Waals surface area contributed by atoms with Crippen LogP contribution in [0.15, 0.2) is 108 Å². The van der Waals surface area contributed by atoms with Crippen LogP contribution in [0.25, 0.3) is 55.3 Å². The second-order valence-electron chi connectivity index (χ2n) is 8.59. The van der Waals surface area contributed by atoms with Crippen molar-refractivity contribution in [2.45, 2.75) is 6.42 Å². The summed E-state index contributed by atoms with van der Waals surface area (Å²) in [7, 11) is 0. The van der Waals surface area contributed by atoms with Crippen LogP contribution in [0.5, 0.6) is 0 Å². The summed E-state index contributed by atoms with van der Waals surface area (Å²) in [6.45, 7) is 0. The highest BCUT2D eigenvalue weighted by atomic mass is 16.3. The van der Waals surface area contributed by atoms with Crippen LogP contribution in [0.2, 0.25) is 0 Å². The van der Waals surface area contributed by atoms with Crippen molar-refractivity contribution in [1.29, 1.82) is 0 Å². The Kier molecular flexibility index (Phi) is 3.68. The maximum Gasteiger partial charge on any atom is 0.134 e. The van der Waals surface area contributed by atoms with Gasteiger partial charge in [-0.3, -0.25) is 0 Å². The van der Waals surface area contributed by atoms with Gasteiger partial charge in [-0.2, -0.15) is 0 Å². The van der Waals surface area contributed by atoms with E-state index in [0.29, 0.717) is 0 Å². The molecular weight excluding hydrogens is 388 g/mol. The molecule has 0 saturated heterocycles. The van der Waals surface area contributed by atoms with Crippen LogP contribution >= 0.6 is 0 Å². The maximum absolute atomic E-state index is 6.18. The molecule has 7 rings (SSSR count). The molecule has 1 nitrogen and oxygen atoms in total. The molecule has 1 heteroatoms. The van der Waals surface area contributed by atoms with Crippen LogP contribution in [0.3, 0.4) is 0 Å². The Morgan fingerprint density at radius 3 is 2.16 bits per heavy atom. The Labute approximate surface area is 186 Å². The first-order valence-corrected chi connectivity index (χ1v) is 11.1. The van der Waals surface area contributed by atoms with E-state index in [0.717, 1.165) is 23.2 Å². The van der Waals surface area contributed by atoms with Crippen molar-refractivity contribution >= 4 is 44.2 Å². The Bertz CT molecular complexity index is 1660. The molecule has 32 heavy (non-hydrogen) atoms. The molecule has 1 aliphatic carbocycles. The van der Waals surface area contributed by atoms with Crippen molar-refractivity contribution in [2.24, 2.45) is 0 Å². The van der Waals surface area contributed by atoms with E-state index in [9.17, 15) is 0 Å². The van der Waals surface area contributed by atoms with Gasteiger partial charge in [0.05, 0.1) is 0 Å². The molecule has 0 unspecified atom stereocenters. The Balaban J connectivity index is 1.37. The van der Waals surface area contributed by atoms with E-state index in [1.807, 2.05) is 12.1 Å². The van der Waals surface area contributed by atoms with Crippen molar-refractivity contribution in [3.05, 3.63) is 120 Å². The van der Waals surface area contributed by atoms with Crippen molar-refractivity contribution in [3.8, 4) is 11.1 Å². The normalized spacial score (nSPS) is 13.1. The van der Waals surface area contributed by atoms with Crippen molar-refractivity contribution in [3.63, 3.8) is 0 Å². The van der Waals surface area contributed by atoms with Crippen LogP contribution in [0, 0.1) is 0 Å². The number of hydrogen-bond donors (Lipinski definition) is 0. The topological polar surface area (TPSA) is 13.1 Å². The van der Waals surface area contributed by atoms with Crippen molar-refractivity contribution in [2.75, 3.05) is 0 Å². The van der Waals surface area contributed by atoms with Crippen molar-refractivity contribution < 1.29 is 4.42 Å². The summed E-state index contributed by atoms with van der Waals surface area (Å²) in [6.07, 6.45) is 3.17. The second-order valence-corrected chi connectivity index (χ2v) is 8.59. The van der Waals surface area contributed by atoms with E-state index in [1.165, 1.54) is 49.4 Å². The molecule has 0 aliphatic heterocycles. The third-order valence-electron chi connectivity index (χ3n) is 6.69. The molecule has 0 spiro atoms. The van der Waals surface area contributed by atoms with Gasteiger partial charge in [0.1, 0.15) is 11.3 Å². The molecule has 0 radical (unpaired) electrons. The lowest BCUT2D eigenvalue weighted by Gasteiger charge is -2.13. The number of furan rings is 1. The third kappa shape index (κ3) is 2.65. The molecule has 0 fully saturated rings. The first-order valence-electron chi connectivity index (χ1n) is 11.1. The zero-order valence-electron chi connectivity index (χ0n) is 17.5. The maximum atomic E-state index is 6.18. The number of fused-ring (bicyclic) bond motifs is 4. The summed E-state index contributed by atoms with van der Waals surface area (Å²) in [4.78, 5) is 0. The van der Waals surface area contributed by atoms with Gasteiger partial charge in [-0.15, -0.1) is 0 Å². The first kappa shape index (κ1) is 17.6. The minimum atomic E-state index is 0.884. The van der Waals surface area contributed by atoms with E-state index >= 15 is 0 Å². The fourth-order valence-electron chi connectivity index (χ4n) is 5.12. The molecule has 1 aromatic heterocycles. The van der Waals surface area contributed by atoms with Gasteiger partial charge < -0.3 is 4.42 Å². The van der Waals surface area contributed by atoms with Gasteiger partial charge in [0.15, 0.2) is 0 Å². The molecule has 1 aliphatic rings. The summed E-state index contributed by atoms with van der Waals surface area (Å²) in [6, 6.07) is 36.9. The van der Waals surface area contributed by atoms with Crippen molar-refractivity contribution in [1.82, 2.24) is 0 Å². The summed E-state index contributed by atoms with van der Waals surface area (Å²) in [5, 5.41) is 6.30. The monoisotopic (exact) mass is 408 g/mol. The lowest BCUT2D eigenvalue weighted by molar-refractivity contribution is 0.598. The number of rotatable bonds is 2. The zero-order valence-corrected chi connectivity index (χ0v) is 17.5. The lowest BCUT2D eigenvalue weighted by atomic mass is 9.91. The minimum Gasteiger partial charge on any atom is -0.456 e. The molecule has 0 bridgehead atoms. The summed E-state index contributed by atoms with van der Waals surface area (Å²) < 4.78 is 6.18. The number of hydrogen-bond acceptors (Lipinski definition) is 1. The number of allylic oxidation sites excluding steroid dienone is 1. The number of benzene rings is 5. The summed E-state index contributed by atoms with van der Waals surface area (Å²) >= 11 is 0. The van der Waals surface area contributed by atoms with Gasteiger partial charge in [0, 0.05) is 11.8 Å². The van der Waals surface area contributed by atoms with E-state index < -0.39 is 0 Å². The van der Waals surface area contributed by atoms with Crippen LogP contribution in [-0.2, 0) is 6.42 Å². The molecule has 5 aromatic carbocycles. The second kappa shape index (κ2) is 6.70. The Hall–Kier alpha value is -4.10. The molecule has 1 heterocycles. The molecule has 6 aromatic rings. The Morgan fingerprint density at radius 1 is 0.562 bits per heavy atom. The first-order chi connectivity index (χ1) is 15.8. The zero-order chi connectivity index (χ0) is 21.1.